The van der Waals surface area contributed by atoms with E-state index in [1.54, 1.807) is 16.3 Å². The lowest BCUT2D eigenvalue weighted by molar-refractivity contribution is -0.138. The Morgan fingerprint density at radius 1 is 1.25 bits per heavy atom. The summed E-state index contributed by atoms with van der Waals surface area (Å²) < 4.78 is 2.75. The first-order chi connectivity index (χ1) is 15.4. The molecule has 1 saturated heterocycles. The second-order valence-corrected chi connectivity index (χ2v) is 8.93. The van der Waals surface area contributed by atoms with Crippen molar-refractivity contribution in [2.45, 2.75) is 31.6 Å². The number of benzene rings is 2. The van der Waals surface area contributed by atoms with E-state index in [1.165, 1.54) is 11.3 Å². The number of fused-ring (bicyclic) bond motifs is 3. The molecule has 0 bridgehead atoms. The topological polar surface area (TPSA) is 96.6 Å². The number of carbonyl (C=O) groups excluding carboxylic acids is 2. The summed E-state index contributed by atoms with van der Waals surface area (Å²) in [5, 5.41) is 14.1. The molecule has 4 aromatic rings. The van der Waals surface area contributed by atoms with Gasteiger partial charge in [0, 0.05) is 25.1 Å². The Bertz CT molecular complexity index is 1400. The van der Waals surface area contributed by atoms with E-state index in [-0.39, 0.29) is 17.7 Å². The summed E-state index contributed by atoms with van der Waals surface area (Å²) in [6.07, 6.45) is 3.13. The molecular weight excluding hydrogens is 424 g/mol. The van der Waals surface area contributed by atoms with Crippen LogP contribution in [0.2, 0.25) is 0 Å². The zero-order valence-corrected chi connectivity index (χ0v) is 18.6. The second-order valence-electron chi connectivity index (χ2n) is 8.07. The molecule has 0 radical (unpaired) electrons. The van der Waals surface area contributed by atoms with E-state index < -0.39 is 5.41 Å². The Hall–Kier alpha value is -3.52. The van der Waals surface area contributed by atoms with Crippen LogP contribution in [0, 0.1) is 0 Å². The zero-order valence-electron chi connectivity index (χ0n) is 17.8. The first-order valence-electron chi connectivity index (χ1n) is 10.5. The highest BCUT2D eigenvalue weighted by Crippen LogP contribution is 2.38. The van der Waals surface area contributed by atoms with Crippen LogP contribution in [0.4, 0.5) is 5.69 Å². The number of aryl methyl sites for hydroxylation is 1. The number of piperidine rings is 1. The van der Waals surface area contributed by atoms with Crippen molar-refractivity contribution in [1.82, 2.24) is 14.9 Å². The highest BCUT2D eigenvalue weighted by Gasteiger charge is 2.42. The Kier molecular flexibility index (Phi) is 4.82. The number of aromatic nitrogens is 2. The lowest BCUT2D eigenvalue weighted by atomic mass is 9.72. The predicted molar refractivity (Wildman–Crippen MR) is 126 cm³/mol. The quantitative estimate of drug-likeness (QED) is 0.360. The van der Waals surface area contributed by atoms with Gasteiger partial charge in [-0.2, -0.15) is 0 Å². The van der Waals surface area contributed by atoms with Gasteiger partial charge >= 0.3 is 0 Å². The molecule has 2 aromatic carbocycles. The van der Waals surface area contributed by atoms with Crippen molar-refractivity contribution in [3.05, 3.63) is 53.0 Å². The summed E-state index contributed by atoms with van der Waals surface area (Å²) in [5.41, 5.74) is 5.15. The standard InChI is InChI=1S/C24H22N4O3S/c1-3-24(11-10-19(29)27-23(24)31)14-4-6-15(7-5-14)25-12-16-20-18(28(2)22(16)30)9-8-17-21(20)32-13-26-17/h4-9,12-13,30H,3,10-11H2,1-2H3,(H,27,29,31). The maximum Gasteiger partial charge on any atom is 0.237 e. The third kappa shape index (κ3) is 3.02. The normalized spacial score (nSPS) is 19.3. The number of hydrogen-bond acceptors (Lipinski definition) is 6. The van der Waals surface area contributed by atoms with E-state index in [0.29, 0.717) is 30.5 Å². The minimum Gasteiger partial charge on any atom is -0.494 e. The van der Waals surface area contributed by atoms with Crippen molar-refractivity contribution in [1.29, 1.82) is 0 Å². The fourth-order valence-electron chi connectivity index (χ4n) is 4.56. The highest BCUT2D eigenvalue weighted by molar-refractivity contribution is 7.17. The number of imide groups is 1. The Balaban J connectivity index is 1.50. The minimum atomic E-state index is -0.693. The Morgan fingerprint density at radius 3 is 2.75 bits per heavy atom. The molecule has 2 aromatic heterocycles. The summed E-state index contributed by atoms with van der Waals surface area (Å²) in [5.74, 6) is -0.304. The van der Waals surface area contributed by atoms with E-state index in [4.69, 9.17) is 0 Å². The van der Waals surface area contributed by atoms with Crippen molar-refractivity contribution in [3.8, 4) is 5.88 Å². The SMILES string of the molecule is CCC1(c2ccc(N=Cc3c(O)n(C)c4ccc5ncsc5c34)cc2)CCC(=O)NC1=O. The molecule has 3 heterocycles. The van der Waals surface area contributed by atoms with Crippen molar-refractivity contribution < 1.29 is 14.7 Å². The Labute approximate surface area is 188 Å². The van der Waals surface area contributed by atoms with Crippen molar-refractivity contribution in [2.24, 2.45) is 12.0 Å². The van der Waals surface area contributed by atoms with Crippen LogP contribution < -0.4 is 5.32 Å². The van der Waals surface area contributed by atoms with Crippen LogP contribution in [0.25, 0.3) is 21.1 Å². The van der Waals surface area contributed by atoms with Gasteiger partial charge in [-0.3, -0.25) is 19.9 Å². The molecule has 1 aliphatic heterocycles. The van der Waals surface area contributed by atoms with E-state index in [0.717, 1.165) is 26.7 Å². The molecule has 1 atom stereocenters. The van der Waals surface area contributed by atoms with E-state index in [2.05, 4.69) is 15.3 Å². The number of nitrogens with zero attached hydrogens (tertiary/aromatic N) is 3. The van der Waals surface area contributed by atoms with Gasteiger partial charge in [-0.15, -0.1) is 11.3 Å². The molecule has 1 unspecified atom stereocenters. The smallest absolute Gasteiger partial charge is 0.237 e. The summed E-state index contributed by atoms with van der Waals surface area (Å²) in [6.45, 7) is 1.96. The average molecular weight is 447 g/mol. The molecular formula is C24H22N4O3S. The van der Waals surface area contributed by atoms with Gasteiger partial charge in [0.05, 0.1) is 37.9 Å². The summed E-state index contributed by atoms with van der Waals surface area (Å²) >= 11 is 1.54. The summed E-state index contributed by atoms with van der Waals surface area (Å²) in [7, 11) is 1.82. The molecule has 0 aliphatic carbocycles. The summed E-state index contributed by atoms with van der Waals surface area (Å²) in [4.78, 5) is 33.2. The molecule has 5 rings (SSSR count). The average Bonchev–Trinajstić information content (AvgIpc) is 3.37. The van der Waals surface area contributed by atoms with Gasteiger partial charge in [-0.1, -0.05) is 19.1 Å². The monoisotopic (exact) mass is 446 g/mol. The number of hydrogen-bond donors (Lipinski definition) is 2. The van der Waals surface area contributed by atoms with Crippen LogP contribution in [-0.2, 0) is 22.1 Å². The number of rotatable bonds is 4. The maximum absolute atomic E-state index is 12.6. The number of nitrogens with one attached hydrogen (secondary N) is 1. The van der Waals surface area contributed by atoms with Gasteiger partial charge < -0.3 is 9.67 Å². The van der Waals surface area contributed by atoms with Crippen LogP contribution in [0.5, 0.6) is 5.88 Å². The number of thiazole rings is 1. The van der Waals surface area contributed by atoms with Crippen molar-refractivity contribution in [3.63, 3.8) is 0 Å². The van der Waals surface area contributed by atoms with E-state index >= 15 is 0 Å². The number of aromatic hydroxyl groups is 1. The first-order valence-corrected chi connectivity index (χ1v) is 11.3. The first kappa shape index (κ1) is 20.4. The maximum atomic E-state index is 12.6. The Morgan fingerprint density at radius 2 is 2.03 bits per heavy atom. The molecule has 1 aliphatic rings. The van der Waals surface area contributed by atoms with Gasteiger partial charge in [0.25, 0.3) is 0 Å². The minimum absolute atomic E-state index is 0.148. The van der Waals surface area contributed by atoms with Crippen LogP contribution in [0.15, 0.2) is 46.9 Å². The summed E-state index contributed by atoms with van der Waals surface area (Å²) in [6, 6.07) is 11.4. The molecule has 2 amide bonds. The van der Waals surface area contributed by atoms with Crippen LogP contribution in [0.1, 0.15) is 37.3 Å². The molecule has 0 saturated carbocycles. The third-order valence-electron chi connectivity index (χ3n) is 6.50. The van der Waals surface area contributed by atoms with Gasteiger partial charge in [-0.05, 0) is 42.7 Å². The fourth-order valence-corrected chi connectivity index (χ4v) is 5.40. The molecule has 1 fully saturated rings. The van der Waals surface area contributed by atoms with E-state index in [1.807, 2.05) is 50.4 Å². The lowest BCUT2D eigenvalue weighted by Crippen LogP contribution is -2.51. The van der Waals surface area contributed by atoms with Gasteiger partial charge in [0.2, 0.25) is 17.7 Å². The van der Waals surface area contributed by atoms with E-state index in [9.17, 15) is 14.7 Å². The predicted octanol–water partition coefficient (Wildman–Crippen LogP) is 4.33. The lowest BCUT2D eigenvalue weighted by Gasteiger charge is -2.34. The molecule has 32 heavy (non-hydrogen) atoms. The molecule has 8 heteroatoms. The molecule has 7 nitrogen and oxygen atoms in total. The van der Waals surface area contributed by atoms with Crippen LogP contribution in [-0.4, -0.2) is 32.7 Å². The van der Waals surface area contributed by atoms with Crippen LogP contribution in [0.3, 0.4) is 0 Å². The van der Waals surface area contributed by atoms with Gasteiger partial charge in [0.1, 0.15) is 0 Å². The van der Waals surface area contributed by atoms with Crippen molar-refractivity contribution in [2.75, 3.05) is 0 Å². The second kappa shape index (κ2) is 7.56. The van der Waals surface area contributed by atoms with Crippen LogP contribution >= 0.6 is 11.3 Å². The van der Waals surface area contributed by atoms with Gasteiger partial charge in [0.15, 0.2) is 0 Å². The fraction of sp³-hybridized carbons (Fsp3) is 0.250. The van der Waals surface area contributed by atoms with Gasteiger partial charge in [-0.25, -0.2) is 4.98 Å². The largest absolute Gasteiger partial charge is 0.494 e. The third-order valence-corrected chi connectivity index (χ3v) is 7.36. The van der Waals surface area contributed by atoms with Crippen molar-refractivity contribution >= 4 is 56.2 Å². The number of carbonyl (C=O) groups is 2. The number of aliphatic imine (C=N–C) groups is 1. The highest BCUT2D eigenvalue weighted by atomic mass is 32.1. The molecule has 0 spiro atoms. The number of amides is 2. The zero-order chi connectivity index (χ0) is 22.5. The molecule has 2 N–H and O–H groups in total. The molecule has 162 valence electrons.